The van der Waals surface area contributed by atoms with Gasteiger partial charge in [0.15, 0.2) is 17.2 Å². The monoisotopic (exact) mass is 497 g/mol. The maximum Gasteiger partial charge on any atom is 0.363 e. The zero-order valence-corrected chi connectivity index (χ0v) is 17.7. The molecule has 140 valence electrons. The number of halogens is 2. The average molecular weight is 498 g/mol. The molecule has 0 saturated heterocycles. The third-order valence-corrected chi connectivity index (χ3v) is 4.75. The number of esters is 1. The molecule has 0 fully saturated rings. The lowest BCUT2D eigenvalue weighted by Crippen LogP contribution is -2.06. The minimum absolute atomic E-state index is 0.175. The van der Waals surface area contributed by atoms with E-state index in [0.717, 1.165) is 9.99 Å². The number of benzene rings is 2. The van der Waals surface area contributed by atoms with Crippen molar-refractivity contribution in [3.63, 3.8) is 0 Å². The minimum atomic E-state index is -0.538. The highest BCUT2D eigenvalue weighted by Gasteiger charge is 2.26. The molecule has 3 rings (SSSR count). The molecule has 0 amide bonds. The second-order valence-electron chi connectivity index (χ2n) is 5.69. The highest BCUT2D eigenvalue weighted by Crippen LogP contribution is 2.34. The molecule has 0 aromatic heterocycles. The number of aliphatic imine (C=N–C) groups is 1. The predicted octanol–water partition coefficient (Wildman–Crippen LogP) is 5.09. The summed E-state index contributed by atoms with van der Waals surface area (Å²) in [5, 5.41) is 0.469. The first-order valence-electron chi connectivity index (χ1n) is 8.31. The Balaban J connectivity index is 2.01. The van der Waals surface area contributed by atoms with Gasteiger partial charge in [-0.05, 0) is 59.4 Å². The van der Waals surface area contributed by atoms with Crippen molar-refractivity contribution in [1.29, 1.82) is 0 Å². The van der Waals surface area contributed by atoms with Crippen LogP contribution >= 0.6 is 34.2 Å². The number of hydrogen-bond donors (Lipinski definition) is 0. The first-order valence-corrected chi connectivity index (χ1v) is 9.77. The summed E-state index contributed by atoms with van der Waals surface area (Å²) >= 11 is 8.39. The predicted molar refractivity (Wildman–Crippen MR) is 114 cm³/mol. The standard InChI is InChI=1S/C20H17ClINO4/c1-3-9-26-18-12(5-4-6-17(18)25-2)10-16-20(24)27-19(23-16)14-11-13(22)7-8-15(14)21/h4-8,10-11H,3,9H2,1-2H3/b16-10-. The number of cyclic esters (lactones) is 1. The van der Waals surface area contributed by atoms with Crippen LogP contribution in [-0.2, 0) is 9.53 Å². The summed E-state index contributed by atoms with van der Waals surface area (Å²) in [6.07, 6.45) is 2.48. The van der Waals surface area contributed by atoms with Crippen molar-refractivity contribution in [3.05, 3.63) is 61.8 Å². The van der Waals surface area contributed by atoms with Crippen LogP contribution in [0.1, 0.15) is 24.5 Å². The molecule has 2 aromatic rings. The summed E-state index contributed by atoms with van der Waals surface area (Å²) in [7, 11) is 1.57. The van der Waals surface area contributed by atoms with E-state index in [2.05, 4.69) is 27.6 Å². The molecule has 0 unspecified atom stereocenters. The minimum Gasteiger partial charge on any atom is -0.493 e. The zero-order chi connectivity index (χ0) is 19.4. The molecular formula is C20H17ClINO4. The number of nitrogens with zero attached hydrogens (tertiary/aromatic N) is 1. The van der Waals surface area contributed by atoms with E-state index in [1.54, 1.807) is 25.3 Å². The second-order valence-corrected chi connectivity index (χ2v) is 7.34. The maximum atomic E-state index is 12.3. The highest BCUT2D eigenvalue weighted by atomic mass is 127. The molecule has 0 atom stereocenters. The molecule has 27 heavy (non-hydrogen) atoms. The number of methoxy groups -OCH3 is 1. The molecule has 7 heteroatoms. The van der Waals surface area contributed by atoms with E-state index in [1.807, 2.05) is 31.2 Å². The van der Waals surface area contributed by atoms with Crippen molar-refractivity contribution in [2.24, 2.45) is 4.99 Å². The summed E-state index contributed by atoms with van der Waals surface area (Å²) < 4.78 is 17.5. The molecule has 0 saturated carbocycles. The van der Waals surface area contributed by atoms with Crippen LogP contribution in [-0.4, -0.2) is 25.6 Å². The van der Waals surface area contributed by atoms with Crippen molar-refractivity contribution in [3.8, 4) is 11.5 Å². The van der Waals surface area contributed by atoms with E-state index in [9.17, 15) is 4.79 Å². The van der Waals surface area contributed by atoms with Gasteiger partial charge in [-0.2, -0.15) is 0 Å². The Hall–Kier alpha value is -2.06. The molecule has 1 aliphatic heterocycles. The van der Waals surface area contributed by atoms with E-state index in [0.29, 0.717) is 34.3 Å². The van der Waals surface area contributed by atoms with Crippen LogP contribution in [0, 0.1) is 3.57 Å². The SMILES string of the molecule is CCCOc1c(/C=C2\N=C(c3cc(I)ccc3Cl)OC2=O)cccc1OC. The van der Waals surface area contributed by atoms with Crippen molar-refractivity contribution in [1.82, 2.24) is 0 Å². The van der Waals surface area contributed by atoms with Crippen molar-refractivity contribution < 1.29 is 19.0 Å². The summed E-state index contributed by atoms with van der Waals surface area (Å²) in [4.78, 5) is 16.7. The fourth-order valence-electron chi connectivity index (χ4n) is 2.50. The number of para-hydroxylation sites is 1. The van der Waals surface area contributed by atoms with Gasteiger partial charge in [0.2, 0.25) is 5.90 Å². The van der Waals surface area contributed by atoms with Gasteiger partial charge < -0.3 is 14.2 Å². The molecule has 2 aromatic carbocycles. The zero-order valence-electron chi connectivity index (χ0n) is 14.8. The highest BCUT2D eigenvalue weighted by molar-refractivity contribution is 14.1. The number of ether oxygens (including phenoxy) is 3. The summed E-state index contributed by atoms with van der Waals surface area (Å²) in [5.74, 6) is 0.810. The Morgan fingerprint density at radius 3 is 2.85 bits per heavy atom. The van der Waals surface area contributed by atoms with Gasteiger partial charge >= 0.3 is 5.97 Å². The largest absolute Gasteiger partial charge is 0.493 e. The van der Waals surface area contributed by atoms with Gasteiger partial charge in [0, 0.05) is 9.13 Å². The van der Waals surface area contributed by atoms with Gasteiger partial charge in [0.05, 0.1) is 24.3 Å². The van der Waals surface area contributed by atoms with Gasteiger partial charge in [-0.1, -0.05) is 30.7 Å². The van der Waals surface area contributed by atoms with Crippen LogP contribution in [0.2, 0.25) is 5.02 Å². The van der Waals surface area contributed by atoms with Gasteiger partial charge in [0.1, 0.15) is 0 Å². The van der Waals surface area contributed by atoms with Crippen LogP contribution in [0.5, 0.6) is 11.5 Å². The number of carbonyl (C=O) groups is 1. The average Bonchev–Trinajstić information content (AvgIpc) is 3.02. The molecule has 0 bridgehead atoms. The Labute approximate surface area is 176 Å². The lowest BCUT2D eigenvalue weighted by Gasteiger charge is -2.12. The number of hydrogen-bond acceptors (Lipinski definition) is 5. The maximum absolute atomic E-state index is 12.3. The molecular weight excluding hydrogens is 481 g/mol. The Morgan fingerprint density at radius 1 is 1.30 bits per heavy atom. The van der Waals surface area contributed by atoms with Gasteiger partial charge in [-0.15, -0.1) is 0 Å². The first kappa shape index (κ1) is 19.7. The quantitative estimate of drug-likeness (QED) is 0.317. The van der Waals surface area contributed by atoms with Crippen molar-refractivity contribution in [2.75, 3.05) is 13.7 Å². The summed E-state index contributed by atoms with van der Waals surface area (Å²) in [6, 6.07) is 10.9. The molecule has 0 N–H and O–H groups in total. The fraction of sp³-hybridized carbons (Fsp3) is 0.200. The van der Waals surface area contributed by atoms with Gasteiger partial charge in [-0.3, -0.25) is 0 Å². The summed E-state index contributed by atoms with van der Waals surface area (Å²) in [6.45, 7) is 2.55. The van der Waals surface area contributed by atoms with E-state index in [-0.39, 0.29) is 11.6 Å². The molecule has 5 nitrogen and oxygen atoms in total. The third-order valence-electron chi connectivity index (χ3n) is 3.75. The van der Waals surface area contributed by atoms with E-state index >= 15 is 0 Å². The topological polar surface area (TPSA) is 57.1 Å². The van der Waals surface area contributed by atoms with Crippen molar-refractivity contribution >= 4 is 52.1 Å². The molecule has 0 spiro atoms. The molecule has 0 aliphatic carbocycles. The first-order chi connectivity index (χ1) is 13.0. The van der Waals surface area contributed by atoms with Crippen LogP contribution in [0.25, 0.3) is 6.08 Å². The molecule has 0 radical (unpaired) electrons. The van der Waals surface area contributed by atoms with Gasteiger partial charge in [-0.25, -0.2) is 9.79 Å². The van der Waals surface area contributed by atoms with Crippen molar-refractivity contribution in [2.45, 2.75) is 13.3 Å². The normalized spacial score (nSPS) is 14.9. The second kappa shape index (κ2) is 8.75. The Morgan fingerprint density at radius 2 is 2.11 bits per heavy atom. The summed E-state index contributed by atoms with van der Waals surface area (Å²) in [5.41, 5.74) is 1.44. The number of rotatable bonds is 6. The van der Waals surface area contributed by atoms with E-state index in [1.165, 1.54) is 0 Å². The third kappa shape index (κ3) is 4.44. The smallest absolute Gasteiger partial charge is 0.363 e. The van der Waals surface area contributed by atoms with Crippen LogP contribution in [0.4, 0.5) is 0 Å². The fourth-order valence-corrected chi connectivity index (χ4v) is 3.19. The lowest BCUT2D eigenvalue weighted by molar-refractivity contribution is -0.129. The molecule has 1 aliphatic rings. The van der Waals surface area contributed by atoms with Gasteiger partial charge in [0.25, 0.3) is 0 Å². The van der Waals surface area contributed by atoms with Crippen LogP contribution in [0.15, 0.2) is 47.1 Å². The lowest BCUT2D eigenvalue weighted by atomic mass is 10.1. The number of carbonyl (C=O) groups excluding carboxylic acids is 1. The van der Waals surface area contributed by atoms with E-state index in [4.69, 9.17) is 25.8 Å². The van der Waals surface area contributed by atoms with E-state index < -0.39 is 5.97 Å². The Kier molecular flexibility index (Phi) is 6.38. The van der Waals surface area contributed by atoms with Crippen LogP contribution in [0.3, 0.4) is 0 Å². The Bertz CT molecular complexity index is 940. The molecule has 1 heterocycles. The van der Waals surface area contributed by atoms with Crippen LogP contribution < -0.4 is 9.47 Å².